The summed E-state index contributed by atoms with van der Waals surface area (Å²) >= 11 is 0. The van der Waals surface area contributed by atoms with Crippen molar-refractivity contribution in [3.63, 3.8) is 0 Å². The van der Waals surface area contributed by atoms with Gasteiger partial charge >= 0.3 is 0 Å². The fourth-order valence-electron chi connectivity index (χ4n) is 2.15. The zero-order valence-electron chi connectivity index (χ0n) is 8.82. The summed E-state index contributed by atoms with van der Waals surface area (Å²) in [5.74, 6) is 0.584. The Balaban J connectivity index is 2.29. The third-order valence-electron chi connectivity index (χ3n) is 3.00. The van der Waals surface area contributed by atoms with Gasteiger partial charge in [-0.15, -0.1) is 0 Å². The van der Waals surface area contributed by atoms with E-state index < -0.39 is 0 Å². The molecule has 2 aliphatic heterocycles. The van der Waals surface area contributed by atoms with Crippen LogP contribution in [0.25, 0.3) is 0 Å². The van der Waals surface area contributed by atoms with Gasteiger partial charge in [0.15, 0.2) is 0 Å². The van der Waals surface area contributed by atoms with Crippen LogP contribution in [-0.4, -0.2) is 29.9 Å². The number of amides is 1. The maximum Gasteiger partial charge on any atom is 0.246 e. The molecule has 0 aliphatic carbocycles. The Morgan fingerprint density at radius 1 is 1.50 bits per heavy atom. The Hall–Kier alpha value is -1.25. The molecule has 1 N–H and O–H groups in total. The lowest BCUT2D eigenvalue weighted by Crippen LogP contribution is -2.48. The quantitative estimate of drug-likeness (QED) is 0.669. The minimum absolute atomic E-state index is 0.0986. The number of fused-ring (bicyclic) bond motifs is 1. The second-order valence-electron chi connectivity index (χ2n) is 4.24. The summed E-state index contributed by atoms with van der Waals surface area (Å²) in [4.78, 5) is 13.3. The summed E-state index contributed by atoms with van der Waals surface area (Å²) in [6.07, 6.45) is 5.66. The number of nitrogens with one attached hydrogen (secondary N) is 1. The van der Waals surface area contributed by atoms with Crippen molar-refractivity contribution in [3.05, 3.63) is 23.9 Å². The first-order chi connectivity index (χ1) is 6.61. The largest absolute Gasteiger partial charge is 0.382 e. The summed E-state index contributed by atoms with van der Waals surface area (Å²) in [6, 6.07) is 0.489. The molecule has 3 heteroatoms. The Kier molecular flexibility index (Phi) is 2.10. The van der Waals surface area contributed by atoms with E-state index >= 15 is 0 Å². The molecule has 14 heavy (non-hydrogen) atoms. The maximum atomic E-state index is 11.5. The maximum absolute atomic E-state index is 11.5. The highest BCUT2D eigenvalue weighted by Gasteiger charge is 2.36. The van der Waals surface area contributed by atoms with E-state index in [9.17, 15) is 4.79 Å². The molecule has 0 fully saturated rings. The van der Waals surface area contributed by atoms with Gasteiger partial charge in [0.2, 0.25) is 5.91 Å². The van der Waals surface area contributed by atoms with Gasteiger partial charge in [0, 0.05) is 13.1 Å². The fourth-order valence-corrected chi connectivity index (χ4v) is 2.15. The minimum Gasteiger partial charge on any atom is -0.382 e. The van der Waals surface area contributed by atoms with Crippen LogP contribution >= 0.6 is 0 Å². The first kappa shape index (κ1) is 9.31. The van der Waals surface area contributed by atoms with Crippen molar-refractivity contribution in [2.45, 2.75) is 25.9 Å². The van der Waals surface area contributed by atoms with Gasteiger partial charge in [-0.2, -0.15) is 0 Å². The van der Waals surface area contributed by atoms with Gasteiger partial charge in [0.1, 0.15) is 0 Å². The van der Waals surface area contributed by atoms with Crippen molar-refractivity contribution in [1.82, 2.24) is 10.2 Å². The van der Waals surface area contributed by atoms with E-state index in [1.165, 1.54) is 5.57 Å². The second kappa shape index (κ2) is 3.15. The van der Waals surface area contributed by atoms with Gasteiger partial charge in [0.25, 0.3) is 0 Å². The van der Waals surface area contributed by atoms with Gasteiger partial charge in [-0.05, 0) is 17.7 Å². The van der Waals surface area contributed by atoms with Gasteiger partial charge in [-0.1, -0.05) is 19.9 Å². The molecule has 1 amide bonds. The SMILES string of the molecule is CC(C)C1=CNC2C=CC(=O)N(C)C12. The molecule has 0 spiro atoms. The van der Waals surface area contributed by atoms with Crippen molar-refractivity contribution in [1.29, 1.82) is 0 Å². The van der Waals surface area contributed by atoms with E-state index in [1.54, 1.807) is 6.08 Å². The molecule has 76 valence electrons. The van der Waals surface area contributed by atoms with Crippen LogP contribution in [0.2, 0.25) is 0 Å². The third kappa shape index (κ3) is 1.24. The molecule has 0 bridgehead atoms. The van der Waals surface area contributed by atoms with Crippen LogP contribution in [0.15, 0.2) is 23.9 Å². The summed E-state index contributed by atoms with van der Waals surface area (Å²) in [5.41, 5.74) is 1.32. The first-order valence-corrected chi connectivity index (χ1v) is 5.02. The van der Waals surface area contributed by atoms with Crippen LogP contribution < -0.4 is 5.32 Å². The number of hydrogen-bond donors (Lipinski definition) is 1. The van der Waals surface area contributed by atoms with Crippen LogP contribution in [0.3, 0.4) is 0 Å². The summed E-state index contributed by atoms with van der Waals surface area (Å²) in [5, 5.41) is 3.30. The molecule has 0 saturated carbocycles. The van der Waals surface area contributed by atoms with Gasteiger partial charge < -0.3 is 10.2 Å². The summed E-state index contributed by atoms with van der Waals surface area (Å²) < 4.78 is 0. The van der Waals surface area contributed by atoms with Gasteiger partial charge in [0.05, 0.1) is 12.1 Å². The monoisotopic (exact) mass is 192 g/mol. The van der Waals surface area contributed by atoms with E-state index in [1.807, 2.05) is 18.0 Å². The van der Waals surface area contributed by atoms with Crippen molar-refractivity contribution < 1.29 is 4.79 Å². The van der Waals surface area contributed by atoms with Crippen LogP contribution in [0.5, 0.6) is 0 Å². The summed E-state index contributed by atoms with van der Waals surface area (Å²) in [7, 11) is 1.87. The predicted octanol–water partition coefficient (Wildman–Crippen LogP) is 0.895. The number of carbonyl (C=O) groups excluding carboxylic acids is 1. The highest BCUT2D eigenvalue weighted by molar-refractivity contribution is 5.89. The lowest BCUT2D eigenvalue weighted by Gasteiger charge is -2.33. The number of likely N-dealkylation sites (N-methyl/N-ethyl adjacent to an activating group) is 1. The number of rotatable bonds is 1. The highest BCUT2D eigenvalue weighted by atomic mass is 16.2. The Labute approximate surface area is 84.5 Å². The molecule has 2 unspecified atom stereocenters. The Morgan fingerprint density at radius 2 is 2.21 bits per heavy atom. The van der Waals surface area contributed by atoms with Crippen LogP contribution in [0.1, 0.15) is 13.8 Å². The van der Waals surface area contributed by atoms with Crippen LogP contribution in [-0.2, 0) is 4.79 Å². The molecule has 2 aliphatic rings. The molecule has 2 atom stereocenters. The molecule has 0 aromatic heterocycles. The number of nitrogens with zero attached hydrogens (tertiary/aromatic N) is 1. The van der Waals surface area contributed by atoms with E-state index in [4.69, 9.17) is 0 Å². The Morgan fingerprint density at radius 3 is 2.86 bits per heavy atom. The van der Waals surface area contributed by atoms with E-state index in [-0.39, 0.29) is 18.0 Å². The molecular weight excluding hydrogens is 176 g/mol. The zero-order chi connectivity index (χ0) is 10.3. The third-order valence-corrected chi connectivity index (χ3v) is 3.00. The predicted molar refractivity (Wildman–Crippen MR) is 55.5 cm³/mol. The average Bonchev–Trinajstić information content (AvgIpc) is 2.55. The van der Waals surface area contributed by atoms with Crippen molar-refractivity contribution >= 4 is 5.91 Å². The normalized spacial score (nSPS) is 30.4. The molecule has 2 heterocycles. The first-order valence-electron chi connectivity index (χ1n) is 5.02. The Bertz CT molecular complexity index is 317. The molecule has 2 rings (SSSR count). The number of carbonyl (C=O) groups is 1. The van der Waals surface area contributed by atoms with Crippen LogP contribution in [0.4, 0.5) is 0 Å². The lowest BCUT2D eigenvalue weighted by atomic mass is 9.91. The molecular formula is C11H16N2O. The summed E-state index contributed by atoms with van der Waals surface area (Å²) in [6.45, 7) is 4.32. The smallest absolute Gasteiger partial charge is 0.246 e. The van der Waals surface area contributed by atoms with Crippen molar-refractivity contribution in [3.8, 4) is 0 Å². The molecule has 0 radical (unpaired) electrons. The highest BCUT2D eigenvalue weighted by Crippen LogP contribution is 2.28. The van der Waals surface area contributed by atoms with E-state index in [0.29, 0.717) is 5.92 Å². The zero-order valence-corrected chi connectivity index (χ0v) is 8.82. The molecule has 0 aromatic rings. The standard InChI is InChI=1S/C11H16N2O/c1-7(2)8-6-12-9-4-5-10(14)13(3)11(8)9/h4-7,9,11-12H,1-3H3. The van der Waals surface area contributed by atoms with Crippen LogP contribution in [0, 0.1) is 5.92 Å². The van der Waals surface area contributed by atoms with E-state index in [0.717, 1.165) is 0 Å². The van der Waals surface area contributed by atoms with Crippen molar-refractivity contribution in [2.75, 3.05) is 7.05 Å². The molecule has 0 saturated heterocycles. The average molecular weight is 192 g/mol. The van der Waals surface area contributed by atoms with Gasteiger partial charge in [-0.3, -0.25) is 4.79 Å². The molecule has 0 aromatic carbocycles. The number of hydrogen-bond acceptors (Lipinski definition) is 2. The van der Waals surface area contributed by atoms with E-state index in [2.05, 4.69) is 25.4 Å². The fraction of sp³-hybridized carbons (Fsp3) is 0.545. The lowest BCUT2D eigenvalue weighted by molar-refractivity contribution is -0.127. The molecule has 3 nitrogen and oxygen atoms in total. The van der Waals surface area contributed by atoms with Gasteiger partial charge in [-0.25, -0.2) is 0 Å². The van der Waals surface area contributed by atoms with Crippen molar-refractivity contribution in [2.24, 2.45) is 5.92 Å². The second-order valence-corrected chi connectivity index (χ2v) is 4.24. The minimum atomic E-state index is 0.0986. The topological polar surface area (TPSA) is 32.3 Å².